The zero-order valence-electron chi connectivity index (χ0n) is 14.2. The predicted molar refractivity (Wildman–Crippen MR) is 86.9 cm³/mol. The number of methoxy groups -OCH3 is 1. The van der Waals surface area contributed by atoms with Gasteiger partial charge >= 0.3 is 0 Å². The lowest BCUT2D eigenvalue weighted by atomic mass is 9.67. The number of ether oxygens (including phenoxy) is 2. The largest absolute Gasteiger partial charge is 0.384 e. The molecule has 128 valence electrons. The summed E-state index contributed by atoms with van der Waals surface area (Å²) in [6.07, 6.45) is 1.20. The highest BCUT2D eigenvalue weighted by atomic mass is 16.5. The van der Waals surface area contributed by atoms with Crippen LogP contribution in [0.5, 0.6) is 0 Å². The molecule has 1 aliphatic carbocycles. The Hall–Kier alpha value is -1.99. The maximum atomic E-state index is 12.7. The van der Waals surface area contributed by atoms with Gasteiger partial charge in [0, 0.05) is 49.0 Å². The predicted octanol–water partition coefficient (Wildman–Crippen LogP) is 1.13. The third kappa shape index (κ3) is 2.39. The van der Waals surface area contributed by atoms with E-state index >= 15 is 0 Å². The van der Waals surface area contributed by atoms with Gasteiger partial charge in [0.2, 0.25) is 0 Å². The summed E-state index contributed by atoms with van der Waals surface area (Å²) in [6, 6.07) is 3.77. The van der Waals surface area contributed by atoms with Crippen LogP contribution >= 0.6 is 0 Å². The van der Waals surface area contributed by atoms with Crippen molar-refractivity contribution in [1.29, 1.82) is 0 Å². The van der Waals surface area contributed by atoms with Gasteiger partial charge in [-0.05, 0) is 26.3 Å². The van der Waals surface area contributed by atoms with Crippen LogP contribution in [0.3, 0.4) is 0 Å². The molecule has 7 nitrogen and oxygen atoms in total. The van der Waals surface area contributed by atoms with Crippen LogP contribution in [0.1, 0.15) is 28.3 Å². The topological polar surface area (TPSA) is 77.8 Å². The minimum Gasteiger partial charge on any atom is -0.384 e. The Morgan fingerprint density at radius 3 is 3.08 bits per heavy atom. The highest BCUT2D eigenvalue weighted by Gasteiger charge is 2.54. The lowest BCUT2D eigenvalue weighted by Crippen LogP contribution is -2.62. The summed E-state index contributed by atoms with van der Waals surface area (Å²) in [7, 11) is 1.68. The molecule has 2 aliphatic rings. The Morgan fingerprint density at radius 1 is 1.46 bits per heavy atom. The molecule has 0 radical (unpaired) electrons. The molecule has 1 N–H and O–H groups in total. The molecule has 7 heteroatoms. The van der Waals surface area contributed by atoms with E-state index in [9.17, 15) is 4.79 Å². The Kier molecular flexibility index (Phi) is 3.77. The highest BCUT2D eigenvalue weighted by Crippen LogP contribution is 2.43. The maximum Gasteiger partial charge on any atom is 0.272 e. The molecule has 3 heterocycles. The first-order valence-electron chi connectivity index (χ1n) is 8.34. The fourth-order valence-electron chi connectivity index (χ4n) is 4.06. The van der Waals surface area contributed by atoms with Crippen molar-refractivity contribution in [2.24, 2.45) is 11.8 Å². The maximum absolute atomic E-state index is 12.7. The van der Waals surface area contributed by atoms with Gasteiger partial charge in [0.1, 0.15) is 0 Å². The molecule has 2 aromatic rings. The Labute approximate surface area is 140 Å². The van der Waals surface area contributed by atoms with Crippen LogP contribution in [0, 0.1) is 25.7 Å². The van der Waals surface area contributed by atoms with Crippen LogP contribution in [-0.2, 0) is 9.47 Å². The Morgan fingerprint density at radius 2 is 2.29 bits per heavy atom. The van der Waals surface area contributed by atoms with Crippen molar-refractivity contribution in [1.82, 2.24) is 19.9 Å². The standard InChI is InChI=1S/C17H22N4O3/c1-9-6-10(2)21-14(18-9)7-13(20-21)17(22)19-15-11-4-5-24-16(11)12(15)8-23-3/h6-7,11-12,15-16H,4-5,8H2,1-3H3,(H,19,22)/t11-,12+,15-,16-/m0/s1. The third-order valence-corrected chi connectivity index (χ3v) is 5.15. The molecule has 1 amide bonds. The molecule has 4 atom stereocenters. The monoisotopic (exact) mass is 330 g/mol. The van der Waals surface area contributed by atoms with E-state index in [1.807, 2.05) is 19.9 Å². The van der Waals surface area contributed by atoms with Crippen LogP contribution < -0.4 is 5.32 Å². The summed E-state index contributed by atoms with van der Waals surface area (Å²) in [5.41, 5.74) is 2.97. The molecule has 1 saturated carbocycles. The summed E-state index contributed by atoms with van der Waals surface area (Å²) in [5.74, 6) is 0.438. The van der Waals surface area contributed by atoms with Crippen LogP contribution in [0.4, 0.5) is 0 Å². The first kappa shape index (κ1) is 15.5. The van der Waals surface area contributed by atoms with Gasteiger partial charge in [-0.2, -0.15) is 5.10 Å². The van der Waals surface area contributed by atoms with E-state index in [1.165, 1.54) is 0 Å². The van der Waals surface area contributed by atoms with E-state index in [2.05, 4.69) is 15.4 Å². The normalized spacial score (nSPS) is 28.6. The number of amides is 1. The number of aromatic nitrogens is 3. The second kappa shape index (κ2) is 5.82. The molecule has 1 saturated heterocycles. The lowest BCUT2D eigenvalue weighted by Gasteiger charge is -2.47. The van der Waals surface area contributed by atoms with Crippen molar-refractivity contribution in [2.75, 3.05) is 20.3 Å². The van der Waals surface area contributed by atoms with Crippen LogP contribution in [0.2, 0.25) is 0 Å². The van der Waals surface area contributed by atoms with Gasteiger partial charge in [-0.3, -0.25) is 4.79 Å². The van der Waals surface area contributed by atoms with Gasteiger partial charge in [-0.1, -0.05) is 0 Å². The summed E-state index contributed by atoms with van der Waals surface area (Å²) in [4.78, 5) is 17.1. The van der Waals surface area contributed by atoms with E-state index in [0.29, 0.717) is 23.9 Å². The van der Waals surface area contributed by atoms with Crippen molar-refractivity contribution >= 4 is 11.6 Å². The van der Waals surface area contributed by atoms with Crippen molar-refractivity contribution < 1.29 is 14.3 Å². The first-order valence-corrected chi connectivity index (χ1v) is 8.34. The molecule has 0 bridgehead atoms. The van der Waals surface area contributed by atoms with Crippen LogP contribution in [0.25, 0.3) is 5.65 Å². The summed E-state index contributed by atoms with van der Waals surface area (Å²) < 4.78 is 12.7. The van der Waals surface area contributed by atoms with Gasteiger partial charge in [-0.15, -0.1) is 0 Å². The summed E-state index contributed by atoms with van der Waals surface area (Å²) in [5, 5.41) is 7.53. The minimum absolute atomic E-state index is 0.0885. The van der Waals surface area contributed by atoms with Gasteiger partial charge < -0.3 is 14.8 Å². The number of carbonyl (C=O) groups excluding carboxylic acids is 1. The molecule has 2 aromatic heterocycles. The fourth-order valence-corrected chi connectivity index (χ4v) is 4.06. The minimum atomic E-state index is -0.158. The van der Waals surface area contributed by atoms with Crippen molar-refractivity contribution in [3.05, 3.63) is 29.2 Å². The highest BCUT2D eigenvalue weighted by molar-refractivity contribution is 5.93. The molecule has 2 fully saturated rings. The Bertz CT molecular complexity index is 787. The van der Waals surface area contributed by atoms with Crippen molar-refractivity contribution in [2.45, 2.75) is 32.4 Å². The molecule has 0 spiro atoms. The number of hydrogen-bond donors (Lipinski definition) is 1. The zero-order valence-corrected chi connectivity index (χ0v) is 14.2. The van der Waals surface area contributed by atoms with E-state index < -0.39 is 0 Å². The van der Waals surface area contributed by atoms with Gasteiger partial charge in [0.15, 0.2) is 11.3 Å². The van der Waals surface area contributed by atoms with Crippen molar-refractivity contribution in [3.63, 3.8) is 0 Å². The molecular weight excluding hydrogens is 308 g/mol. The van der Waals surface area contributed by atoms with Crippen molar-refractivity contribution in [3.8, 4) is 0 Å². The summed E-state index contributed by atoms with van der Waals surface area (Å²) >= 11 is 0. The summed E-state index contributed by atoms with van der Waals surface area (Å²) in [6.45, 7) is 5.25. The first-order chi connectivity index (χ1) is 11.6. The van der Waals surface area contributed by atoms with Gasteiger partial charge in [-0.25, -0.2) is 9.50 Å². The zero-order chi connectivity index (χ0) is 16.8. The Balaban J connectivity index is 1.55. The molecule has 24 heavy (non-hydrogen) atoms. The lowest BCUT2D eigenvalue weighted by molar-refractivity contribution is -0.0810. The average Bonchev–Trinajstić information content (AvgIpc) is 3.14. The SMILES string of the molecule is COC[C@@H]1[C@@H](NC(=O)c2cc3nc(C)cc(C)n3n2)[C@@H]2CCO[C@H]12. The smallest absolute Gasteiger partial charge is 0.272 e. The number of nitrogens with zero attached hydrogens (tertiary/aromatic N) is 3. The fraction of sp³-hybridized carbons (Fsp3) is 0.588. The quantitative estimate of drug-likeness (QED) is 0.909. The number of carbonyl (C=O) groups is 1. The number of hydrogen-bond acceptors (Lipinski definition) is 5. The molecule has 1 aliphatic heterocycles. The third-order valence-electron chi connectivity index (χ3n) is 5.15. The van der Waals surface area contributed by atoms with Gasteiger partial charge in [0.05, 0.1) is 12.7 Å². The van der Waals surface area contributed by atoms with E-state index in [4.69, 9.17) is 9.47 Å². The van der Waals surface area contributed by atoms with Crippen LogP contribution in [0.15, 0.2) is 12.1 Å². The molecule has 0 aromatic carbocycles. The van der Waals surface area contributed by atoms with E-state index in [0.717, 1.165) is 24.4 Å². The number of aryl methyl sites for hydroxylation is 2. The second-order valence-electron chi connectivity index (χ2n) is 6.74. The molecule has 4 rings (SSSR count). The second-order valence-corrected chi connectivity index (χ2v) is 6.74. The van der Waals surface area contributed by atoms with Crippen LogP contribution in [-0.4, -0.2) is 53.0 Å². The molecule has 0 unspecified atom stereocenters. The van der Waals surface area contributed by atoms with E-state index in [-0.39, 0.29) is 24.0 Å². The number of fused-ring (bicyclic) bond motifs is 2. The molecular formula is C17H22N4O3. The van der Waals surface area contributed by atoms with E-state index in [1.54, 1.807) is 17.7 Å². The number of nitrogens with one attached hydrogen (secondary N) is 1. The average molecular weight is 330 g/mol. The number of rotatable bonds is 4. The van der Waals surface area contributed by atoms with Gasteiger partial charge in [0.25, 0.3) is 5.91 Å².